The van der Waals surface area contributed by atoms with E-state index in [0.717, 1.165) is 23.4 Å². The minimum Gasteiger partial charge on any atom is -0.300 e. The van der Waals surface area contributed by atoms with Crippen molar-refractivity contribution in [2.75, 3.05) is 0 Å². The van der Waals surface area contributed by atoms with Gasteiger partial charge in [0, 0.05) is 12.5 Å². The molecule has 0 radical (unpaired) electrons. The second-order valence-electron chi connectivity index (χ2n) is 5.91. The maximum atomic E-state index is 5.35. The van der Waals surface area contributed by atoms with Crippen molar-refractivity contribution >= 4 is 12.2 Å². The van der Waals surface area contributed by atoms with E-state index in [9.17, 15) is 0 Å². The summed E-state index contributed by atoms with van der Waals surface area (Å²) in [5.74, 6) is 1.11. The van der Waals surface area contributed by atoms with E-state index in [2.05, 4.69) is 49.4 Å². The van der Waals surface area contributed by atoms with Gasteiger partial charge in [0.25, 0.3) is 0 Å². The highest BCUT2D eigenvalue weighted by atomic mass is 32.1. The molecule has 1 fully saturated rings. The van der Waals surface area contributed by atoms with Crippen molar-refractivity contribution in [2.24, 2.45) is 10.8 Å². The van der Waals surface area contributed by atoms with Crippen LogP contribution in [0.1, 0.15) is 52.9 Å². The molecule has 0 bridgehead atoms. The van der Waals surface area contributed by atoms with Crippen molar-refractivity contribution in [3.63, 3.8) is 0 Å². The molecule has 0 saturated heterocycles. The Balaban J connectivity index is 2.43. The minimum atomic E-state index is 0.303. The first kappa shape index (κ1) is 11.8. The lowest BCUT2D eigenvalue weighted by Crippen LogP contribution is -2.06. The summed E-state index contributed by atoms with van der Waals surface area (Å²) in [7, 11) is 0. The first-order chi connectivity index (χ1) is 7.34. The highest BCUT2D eigenvalue weighted by Crippen LogP contribution is 2.71. The van der Waals surface area contributed by atoms with Gasteiger partial charge in [-0.25, -0.2) is 0 Å². The number of hydrogen-bond acceptors (Lipinski definition) is 2. The highest BCUT2D eigenvalue weighted by molar-refractivity contribution is 7.71. The fraction of sp³-hybridized carbons (Fsp3) is 0.833. The molecule has 3 nitrogen and oxygen atoms in total. The van der Waals surface area contributed by atoms with E-state index in [1.54, 1.807) is 0 Å². The maximum Gasteiger partial charge on any atom is 0.195 e. The van der Waals surface area contributed by atoms with Gasteiger partial charge in [0.05, 0.1) is 0 Å². The van der Waals surface area contributed by atoms with Crippen LogP contribution in [0.25, 0.3) is 0 Å². The maximum absolute atomic E-state index is 5.35. The number of nitrogens with one attached hydrogen (secondary N) is 1. The van der Waals surface area contributed by atoms with Crippen molar-refractivity contribution in [3.05, 3.63) is 10.6 Å². The van der Waals surface area contributed by atoms with E-state index < -0.39 is 0 Å². The summed E-state index contributed by atoms with van der Waals surface area (Å²) >= 11 is 5.35. The zero-order chi connectivity index (χ0) is 12.1. The molecule has 1 aromatic rings. The smallest absolute Gasteiger partial charge is 0.195 e. The number of hydrogen-bond donors (Lipinski definition) is 1. The topological polar surface area (TPSA) is 33.6 Å². The summed E-state index contributed by atoms with van der Waals surface area (Å²) in [6.07, 6.45) is 2.10. The van der Waals surface area contributed by atoms with E-state index in [0.29, 0.717) is 16.9 Å². The number of aromatic nitrogens is 3. The van der Waals surface area contributed by atoms with Crippen LogP contribution in [0.3, 0.4) is 0 Å². The Bertz CT molecular complexity index is 439. The summed E-state index contributed by atoms with van der Waals surface area (Å²) in [5.41, 5.74) is 0.606. The van der Waals surface area contributed by atoms with E-state index in [4.69, 9.17) is 12.2 Å². The summed E-state index contributed by atoms with van der Waals surface area (Å²) < 4.78 is 3.01. The third-order valence-electron chi connectivity index (χ3n) is 4.45. The van der Waals surface area contributed by atoms with E-state index in [1.165, 1.54) is 0 Å². The van der Waals surface area contributed by atoms with Gasteiger partial charge in [-0.1, -0.05) is 34.6 Å². The van der Waals surface area contributed by atoms with Crippen LogP contribution in [0.15, 0.2) is 0 Å². The lowest BCUT2D eigenvalue weighted by molar-refractivity contribution is 0.457. The van der Waals surface area contributed by atoms with Crippen LogP contribution in [0.2, 0.25) is 0 Å². The lowest BCUT2D eigenvalue weighted by Gasteiger charge is -2.07. The van der Waals surface area contributed by atoms with Gasteiger partial charge < -0.3 is 0 Å². The quantitative estimate of drug-likeness (QED) is 0.819. The molecule has 0 atom stereocenters. The van der Waals surface area contributed by atoms with Gasteiger partial charge in [0.1, 0.15) is 5.82 Å². The molecule has 90 valence electrons. The Morgan fingerprint density at radius 2 is 1.88 bits per heavy atom. The summed E-state index contributed by atoms with van der Waals surface area (Å²) in [4.78, 5) is 0. The molecule has 1 aliphatic rings. The van der Waals surface area contributed by atoms with Crippen LogP contribution in [0, 0.1) is 15.6 Å². The average Bonchev–Trinajstić information content (AvgIpc) is 2.45. The number of aromatic amines is 1. The number of H-pyrrole nitrogens is 1. The molecule has 1 N–H and O–H groups in total. The number of aryl methyl sites for hydroxylation is 1. The molecule has 1 aliphatic carbocycles. The number of rotatable bonds is 3. The van der Waals surface area contributed by atoms with Crippen molar-refractivity contribution in [1.82, 2.24) is 14.8 Å². The molecule has 0 amide bonds. The van der Waals surface area contributed by atoms with Gasteiger partial charge in [-0.2, -0.15) is 5.10 Å². The fourth-order valence-corrected chi connectivity index (χ4v) is 3.07. The van der Waals surface area contributed by atoms with Crippen LogP contribution >= 0.6 is 12.2 Å². The van der Waals surface area contributed by atoms with E-state index >= 15 is 0 Å². The Morgan fingerprint density at radius 1 is 1.31 bits per heavy atom. The third-order valence-corrected chi connectivity index (χ3v) is 4.74. The average molecular weight is 239 g/mol. The first-order valence-electron chi connectivity index (χ1n) is 5.99. The van der Waals surface area contributed by atoms with Crippen molar-refractivity contribution in [3.8, 4) is 0 Å². The summed E-state index contributed by atoms with van der Waals surface area (Å²) in [6.45, 7) is 11.4. The van der Waals surface area contributed by atoms with Crippen LogP contribution in [-0.4, -0.2) is 14.8 Å². The zero-order valence-corrected chi connectivity index (χ0v) is 11.6. The molecule has 16 heavy (non-hydrogen) atoms. The molecular weight excluding hydrogens is 218 g/mol. The molecule has 0 unspecified atom stereocenters. The van der Waals surface area contributed by atoms with Gasteiger partial charge in [-0.05, 0) is 29.5 Å². The van der Waals surface area contributed by atoms with Crippen LogP contribution in [0.5, 0.6) is 0 Å². The lowest BCUT2D eigenvalue weighted by atomic mass is 10.0. The largest absolute Gasteiger partial charge is 0.300 e. The van der Waals surface area contributed by atoms with Crippen LogP contribution in [0.4, 0.5) is 0 Å². The van der Waals surface area contributed by atoms with Crippen molar-refractivity contribution in [1.29, 1.82) is 0 Å². The van der Waals surface area contributed by atoms with E-state index in [1.807, 2.05) is 0 Å². The minimum absolute atomic E-state index is 0.303. The molecular formula is C12H21N3S. The molecule has 1 aromatic heterocycles. The normalized spacial score (nSPS) is 22.3. The fourth-order valence-electron chi connectivity index (χ4n) is 2.81. The molecule has 4 heteroatoms. The van der Waals surface area contributed by atoms with Gasteiger partial charge in [0.2, 0.25) is 0 Å². The van der Waals surface area contributed by atoms with Crippen LogP contribution in [-0.2, 0) is 6.42 Å². The zero-order valence-electron chi connectivity index (χ0n) is 10.8. The number of nitrogens with zero attached hydrogens (tertiary/aromatic N) is 2. The Hall–Kier alpha value is -0.640. The molecule has 0 aliphatic heterocycles. The monoisotopic (exact) mass is 239 g/mol. The predicted molar refractivity (Wildman–Crippen MR) is 68.0 cm³/mol. The molecule has 2 rings (SSSR count). The second kappa shape index (κ2) is 3.42. The van der Waals surface area contributed by atoms with Gasteiger partial charge in [-0.3, -0.25) is 9.67 Å². The Morgan fingerprint density at radius 3 is 2.31 bits per heavy atom. The summed E-state index contributed by atoms with van der Waals surface area (Å²) in [5, 5.41) is 7.28. The first-order valence-corrected chi connectivity index (χ1v) is 6.40. The Labute approximate surface area is 102 Å². The Kier molecular flexibility index (Phi) is 2.53. The molecule has 0 aromatic carbocycles. The van der Waals surface area contributed by atoms with E-state index in [-0.39, 0.29) is 0 Å². The highest BCUT2D eigenvalue weighted by Gasteiger charge is 2.66. The van der Waals surface area contributed by atoms with Gasteiger partial charge in [0.15, 0.2) is 4.77 Å². The SMILES string of the molecule is CCCc1n[nH]c(=S)n1C1C(C)(C)C1(C)C. The predicted octanol–water partition coefficient (Wildman–Crippen LogP) is 3.50. The molecule has 1 heterocycles. The van der Waals surface area contributed by atoms with Gasteiger partial charge in [-0.15, -0.1) is 0 Å². The third kappa shape index (κ3) is 1.39. The summed E-state index contributed by atoms with van der Waals surface area (Å²) in [6, 6.07) is 0.479. The second-order valence-corrected chi connectivity index (χ2v) is 6.30. The van der Waals surface area contributed by atoms with Crippen LogP contribution < -0.4 is 0 Å². The van der Waals surface area contributed by atoms with Gasteiger partial charge >= 0.3 is 0 Å². The van der Waals surface area contributed by atoms with Crippen molar-refractivity contribution in [2.45, 2.75) is 53.5 Å². The molecule has 0 spiro atoms. The molecule has 1 saturated carbocycles. The standard InChI is InChI=1S/C12H21N3S/c1-6-7-8-13-14-10(16)15(8)9-11(2,3)12(9,4)5/h9H,6-7H2,1-5H3,(H,14,16). The van der Waals surface area contributed by atoms with Crippen molar-refractivity contribution < 1.29 is 0 Å².